The zero-order valence-corrected chi connectivity index (χ0v) is 10.4. The van der Waals surface area contributed by atoms with E-state index in [0.29, 0.717) is 0 Å². The van der Waals surface area contributed by atoms with Crippen molar-refractivity contribution in [2.45, 2.75) is 39.8 Å². The van der Waals surface area contributed by atoms with Crippen LogP contribution in [0.2, 0.25) is 0 Å². The molecule has 0 aliphatic heterocycles. The summed E-state index contributed by atoms with van der Waals surface area (Å²) in [5, 5.41) is 0.182. The van der Waals surface area contributed by atoms with Crippen molar-refractivity contribution in [2.75, 3.05) is 0 Å². The highest BCUT2D eigenvalue weighted by Gasteiger charge is 2.18. The van der Waals surface area contributed by atoms with Crippen molar-refractivity contribution in [3.8, 4) is 0 Å². The van der Waals surface area contributed by atoms with E-state index >= 15 is 0 Å². The molecule has 0 fully saturated rings. The second-order valence-corrected chi connectivity index (χ2v) is 5.94. The van der Waals surface area contributed by atoms with Crippen LogP contribution in [0.15, 0.2) is 12.1 Å². The lowest BCUT2D eigenvalue weighted by Crippen LogP contribution is -2.11. The Labute approximate surface area is 84.0 Å². The Kier molecular flexibility index (Phi) is 2.82. The Morgan fingerprint density at radius 1 is 1.00 bits per heavy atom. The van der Waals surface area contributed by atoms with Gasteiger partial charge in [0, 0.05) is 5.16 Å². The van der Waals surface area contributed by atoms with E-state index in [0.717, 1.165) is 0 Å². The van der Waals surface area contributed by atoms with Crippen molar-refractivity contribution in [3.63, 3.8) is 0 Å². The van der Waals surface area contributed by atoms with Gasteiger partial charge >= 0.3 is 0 Å². The van der Waals surface area contributed by atoms with Gasteiger partial charge in [-0.1, -0.05) is 31.5 Å². The van der Waals surface area contributed by atoms with E-state index in [9.17, 15) is 0 Å². The molecule has 0 spiro atoms. The van der Waals surface area contributed by atoms with Gasteiger partial charge < -0.3 is 0 Å². The van der Waals surface area contributed by atoms with Gasteiger partial charge in [0.15, 0.2) is 0 Å². The highest BCUT2D eigenvalue weighted by molar-refractivity contribution is 7.18. The van der Waals surface area contributed by atoms with Gasteiger partial charge in [-0.25, -0.2) is 0 Å². The fourth-order valence-corrected chi connectivity index (χ4v) is 2.65. The highest BCUT2D eigenvalue weighted by atomic mass is 31.0. The van der Waals surface area contributed by atoms with Crippen LogP contribution in [0.25, 0.3) is 0 Å². The molecule has 1 unspecified atom stereocenters. The van der Waals surface area contributed by atoms with E-state index in [-0.39, 0.29) is 5.16 Å². The monoisotopic (exact) mass is 194 g/mol. The smallest absolute Gasteiger partial charge is 0.00465 e. The summed E-state index contributed by atoms with van der Waals surface area (Å²) in [4.78, 5) is 0. The SMILES string of the molecule is Cc1cc(C)c(C(C)(C)P)c(C)c1. The van der Waals surface area contributed by atoms with Crippen LogP contribution in [0.3, 0.4) is 0 Å². The third kappa shape index (κ3) is 2.31. The summed E-state index contributed by atoms with van der Waals surface area (Å²) in [5.74, 6) is 0. The Morgan fingerprint density at radius 2 is 1.38 bits per heavy atom. The van der Waals surface area contributed by atoms with E-state index in [2.05, 4.69) is 56.0 Å². The molecule has 0 N–H and O–H groups in total. The molecule has 72 valence electrons. The first kappa shape index (κ1) is 10.7. The van der Waals surface area contributed by atoms with Crippen molar-refractivity contribution in [1.82, 2.24) is 0 Å². The van der Waals surface area contributed by atoms with E-state index < -0.39 is 0 Å². The first-order valence-corrected chi connectivity index (χ1v) is 5.27. The van der Waals surface area contributed by atoms with Crippen LogP contribution in [0.1, 0.15) is 36.1 Å². The molecule has 0 heterocycles. The summed E-state index contributed by atoms with van der Waals surface area (Å²) in [5.41, 5.74) is 5.62. The molecule has 0 saturated heterocycles. The first-order chi connectivity index (χ1) is 5.82. The third-order valence-corrected chi connectivity index (χ3v) is 2.61. The molecule has 0 aliphatic rings. The molecule has 1 heteroatoms. The number of hydrogen-bond donors (Lipinski definition) is 0. The quantitative estimate of drug-likeness (QED) is 0.598. The Hall–Kier alpha value is -0.350. The van der Waals surface area contributed by atoms with E-state index in [1.54, 1.807) is 0 Å². The van der Waals surface area contributed by atoms with Crippen LogP contribution in [0.4, 0.5) is 0 Å². The standard InChI is InChI=1S/C12H19P/c1-8-6-9(2)11(10(3)7-8)12(4,5)13/h6-7H,13H2,1-5H3. The molecule has 0 aliphatic carbocycles. The van der Waals surface area contributed by atoms with Crippen LogP contribution in [0, 0.1) is 20.8 Å². The van der Waals surface area contributed by atoms with Crippen molar-refractivity contribution in [1.29, 1.82) is 0 Å². The van der Waals surface area contributed by atoms with E-state index in [1.807, 2.05) is 0 Å². The van der Waals surface area contributed by atoms with Gasteiger partial charge in [-0.15, -0.1) is 9.24 Å². The molecular weight excluding hydrogens is 175 g/mol. The fraction of sp³-hybridized carbons (Fsp3) is 0.500. The van der Waals surface area contributed by atoms with Crippen LogP contribution < -0.4 is 0 Å². The van der Waals surface area contributed by atoms with Crippen LogP contribution in [0.5, 0.6) is 0 Å². The van der Waals surface area contributed by atoms with Gasteiger partial charge in [-0.05, 0) is 37.5 Å². The molecule has 1 aromatic carbocycles. The van der Waals surface area contributed by atoms with Gasteiger partial charge in [-0.2, -0.15) is 0 Å². The van der Waals surface area contributed by atoms with Crippen molar-refractivity contribution >= 4 is 9.24 Å². The average Bonchev–Trinajstić information content (AvgIpc) is 1.78. The van der Waals surface area contributed by atoms with Crippen LogP contribution >= 0.6 is 9.24 Å². The second-order valence-electron chi connectivity index (χ2n) is 4.50. The maximum Gasteiger partial charge on any atom is 0.00465 e. The van der Waals surface area contributed by atoms with Crippen molar-refractivity contribution in [3.05, 3.63) is 34.4 Å². The maximum absolute atomic E-state index is 2.91. The van der Waals surface area contributed by atoms with E-state index in [4.69, 9.17) is 0 Å². The molecule has 1 atom stereocenters. The lowest BCUT2D eigenvalue weighted by molar-refractivity contribution is 0.766. The summed E-state index contributed by atoms with van der Waals surface area (Å²) < 4.78 is 0. The molecule has 1 rings (SSSR count). The molecule has 1 aromatic rings. The minimum Gasteiger partial charge on any atom is -0.127 e. The molecule has 0 saturated carbocycles. The molecule has 13 heavy (non-hydrogen) atoms. The predicted octanol–water partition coefficient (Wildman–Crippen LogP) is 3.72. The number of hydrogen-bond acceptors (Lipinski definition) is 0. The second kappa shape index (κ2) is 3.42. The first-order valence-electron chi connectivity index (χ1n) is 4.69. The van der Waals surface area contributed by atoms with Gasteiger partial charge in [0.25, 0.3) is 0 Å². The highest BCUT2D eigenvalue weighted by Crippen LogP contribution is 2.35. The van der Waals surface area contributed by atoms with Gasteiger partial charge in [0.1, 0.15) is 0 Å². The molecule has 0 aromatic heterocycles. The zero-order chi connectivity index (χ0) is 10.2. The lowest BCUT2D eigenvalue weighted by Gasteiger charge is -2.24. The fourth-order valence-electron chi connectivity index (χ4n) is 2.20. The molecular formula is C12H19P. The van der Waals surface area contributed by atoms with Crippen molar-refractivity contribution < 1.29 is 0 Å². The number of rotatable bonds is 1. The molecule has 0 amide bonds. The summed E-state index contributed by atoms with van der Waals surface area (Å²) in [6.07, 6.45) is 0. The van der Waals surface area contributed by atoms with Gasteiger partial charge in [-0.3, -0.25) is 0 Å². The molecule has 0 nitrogen and oxygen atoms in total. The largest absolute Gasteiger partial charge is 0.127 e. The average molecular weight is 194 g/mol. The Balaban J connectivity index is 3.38. The molecule has 0 radical (unpaired) electrons. The summed E-state index contributed by atoms with van der Waals surface area (Å²) >= 11 is 0. The van der Waals surface area contributed by atoms with E-state index in [1.165, 1.54) is 22.3 Å². The zero-order valence-electron chi connectivity index (χ0n) is 9.23. The molecule has 0 bridgehead atoms. The minimum absolute atomic E-state index is 0.182. The Bertz CT molecular complexity index is 295. The maximum atomic E-state index is 2.91. The van der Waals surface area contributed by atoms with Crippen molar-refractivity contribution in [2.24, 2.45) is 0 Å². The third-order valence-electron chi connectivity index (χ3n) is 2.32. The van der Waals surface area contributed by atoms with Gasteiger partial charge in [0.2, 0.25) is 0 Å². The normalized spacial score (nSPS) is 11.8. The predicted molar refractivity (Wildman–Crippen MR) is 63.4 cm³/mol. The number of benzene rings is 1. The minimum atomic E-state index is 0.182. The number of aryl methyl sites for hydroxylation is 3. The lowest BCUT2D eigenvalue weighted by atomic mass is 9.91. The van der Waals surface area contributed by atoms with Gasteiger partial charge in [0.05, 0.1) is 0 Å². The summed E-state index contributed by atoms with van der Waals surface area (Å²) in [6.45, 7) is 11.0. The van der Waals surface area contributed by atoms with Crippen LogP contribution in [-0.4, -0.2) is 0 Å². The Morgan fingerprint density at radius 3 is 1.69 bits per heavy atom. The summed E-state index contributed by atoms with van der Waals surface area (Å²) in [6, 6.07) is 4.52. The van der Waals surface area contributed by atoms with Crippen LogP contribution in [-0.2, 0) is 5.16 Å². The topological polar surface area (TPSA) is 0 Å². The summed E-state index contributed by atoms with van der Waals surface area (Å²) in [7, 11) is 2.91.